The molecule has 10 heavy (non-hydrogen) atoms. The summed E-state index contributed by atoms with van der Waals surface area (Å²) in [6, 6.07) is 0. The fraction of sp³-hybridized carbons (Fsp3) is 0.200. The van der Waals surface area contributed by atoms with Crippen LogP contribution in [-0.4, -0.2) is 15.1 Å². The minimum absolute atomic E-state index is 0.424. The van der Waals surface area contributed by atoms with E-state index in [1.165, 1.54) is 0 Å². The van der Waals surface area contributed by atoms with E-state index in [-0.39, 0.29) is 0 Å². The Bertz CT molecular complexity index is 241. The maximum absolute atomic E-state index is 12.4. The summed E-state index contributed by atoms with van der Waals surface area (Å²) in [6.07, 6.45) is 0.896. The van der Waals surface area contributed by atoms with Crippen LogP contribution in [0.1, 0.15) is 5.69 Å². The highest BCUT2D eigenvalue weighted by molar-refractivity contribution is 5.14. The van der Waals surface area contributed by atoms with Gasteiger partial charge in [-0.05, 0) is 0 Å². The standard InChI is InChI=1S/C5H4F2N2O/c6-1-3-4(7)5(10)9-2-8-3/h2H,1H2,(H,8,9,10). The van der Waals surface area contributed by atoms with Crippen molar-refractivity contribution >= 4 is 0 Å². The molecule has 54 valence electrons. The Hall–Kier alpha value is -1.26. The molecule has 3 nitrogen and oxygen atoms in total. The van der Waals surface area contributed by atoms with Gasteiger partial charge in [-0.25, -0.2) is 9.37 Å². The van der Waals surface area contributed by atoms with E-state index < -0.39 is 24.1 Å². The van der Waals surface area contributed by atoms with E-state index in [2.05, 4.69) is 9.97 Å². The van der Waals surface area contributed by atoms with Crippen molar-refractivity contribution in [2.45, 2.75) is 6.67 Å². The molecule has 1 heterocycles. The van der Waals surface area contributed by atoms with E-state index >= 15 is 0 Å². The van der Waals surface area contributed by atoms with E-state index in [0.717, 1.165) is 6.33 Å². The van der Waals surface area contributed by atoms with Crippen molar-refractivity contribution in [2.75, 3.05) is 0 Å². The van der Waals surface area contributed by atoms with Gasteiger partial charge in [0, 0.05) is 0 Å². The van der Waals surface area contributed by atoms with Crippen molar-refractivity contribution in [1.82, 2.24) is 9.97 Å². The summed E-state index contributed by atoms with van der Waals surface area (Å²) in [6.45, 7) is -1.04. The number of nitrogens with zero attached hydrogens (tertiary/aromatic N) is 2. The molecule has 1 aromatic heterocycles. The SMILES string of the molecule is Oc1ncnc(CF)c1F. The van der Waals surface area contributed by atoms with E-state index in [0.29, 0.717) is 0 Å². The molecule has 1 aromatic rings. The smallest absolute Gasteiger partial charge is 0.251 e. The molecule has 0 aliphatic heterocycles. The number of hydrogen-bond acceptors (Lipinski definition) is 3. The summed E-state index contributed by atoms with van der Waals surface area (Å²) in [7, 11) is 0. The second-order valence-corrected chi connectivity index (χ2v) is 1.59. The van der Waals surface area contributed by atoms with Gasteiger partial charge < -0.3 is 5.11 Å². The topological polar surface area (TPSA) is 46.0 Å². The first-order valence-electron chi connectivity index (χ1n) is 2.50. The zero-order valence-corrected chi connectivity index (χ0v) is 4.88. The molecule has 0 fully saturated rings. The van der Waals surface area contributed by atoms with Crippen LogP contribution in [0.25, 0.3) is 0 Å². The van der Waals surface area contributed by atoms with Gasteiger partial charge in [0.15, 0.2) is 0 Å². The molecule has 0 aliphatic rings. The zero-order valence-electron chi connectivity index (χ0n) is 4.88. The second kappa shape index (κ2) is 2.55. The quantitative estimate of drug-likeness (QED) is 0.637. The molecule has 0 bridgehead atoms. The lowest BCUT2D eigenvalue weighted by atomic mass is 10.4. The average Bonchev–Trinajstić information content (AvgIpc) is 1.95. The highest BCUT2D eigenvalue weighted by atomic mass is 19.1. The monoisotopic (exact) mass is 146 g/mol. The van der Waals surface area contributed by atoms with Gasteiger partial charge in [0.25, 0.3) is 5.88 Å². The Labute approximate surface area is 55.4 Å². The van der Waals surface area contributed by atoms with Crippen LogP contribution >= 0.6 is 0 Å². The molecular weight excluding hydrogens is 142 g/mol. The van der Waals surface area contributed by atoms with Crippen LogP contribution in [0.15, 0.2) is 6.33 Å². The predicted octanol–water partition coefficient (Wildman–Crippen LogP) is 0.791. The van der Waals surface area contributed by atoms with Crippen molar-refractivity contribution in [3.05, 3.63) is 17.8 Å². The average molecular weight is 146 g/mol. The molecule has 0 saturated heterocycles. The van der Waals surface area contributed by atoms with Crippen molar-refractivity contribution < 1.29 is 13.9 Å². The summed E-state index contributed by atoms with van der Waals surface area (Å²) < 4.78 is 24.1. The van der Waals surface area contributed by atoms with Gasteiger partial charge in [-0.3, -0.25) is 0 Å². The summed E-state index contributed by atoms with van der Waals surface area (Å²) in [4.78, 5) is 6.33. The minimum atomic E-state index is -1.09. The molecule has 0 radical (unpaired) electrons. The van der Waals surface area contributed by atoms with Gasteiger partial charge >= 0.3 is 0 Å². The van der Waals surface area contributed by atoms with Gasteiger partial charge in [0.1, 0.15) is 18.7 Å². The van der Waals surface area contributed by atoms with Crippen LogP contribution < -0.4 is 0 Å². The van der Waals surface area contributed by atoms with Crippen LogP contribution in [0.4, 0.5) is 8.78 Å². The zero-order chi connectivity index (χ0) is 7.56. The van der Waals surface area contributed by atoms with Gasteiger partial charge in [-0.15, -0.1) is 0 Å². The number of alkyl halides is 1. The van der Waals surface area contributed by atoms with Crippen LogP contribution in [-0.2, 0) is 6.67 Å². The van der Waals surface area contributed by atoms with Crippen molar-refractivity contribution in [3.63, 3.8) is 0 Å². The van der Waals surface area contributed by atoms with Crippen LogP contribution in [0.5, 0.6) is 5.88 Å². The second-order valence-electron chi connectivity index (χ2n) is 1.59. The summed E-state index contributed by atoms with van der Waals surface area (Å²) >= 11 is 0. The minimum Gasteiger partial charge on any atom is -0.491 e. The van der Waals surface area contributed by atoms with Gasteiger partial charge in [-0.2, -0.15) is 9.37 Å². The van der Waals surface area contributed by atoms with Gasteiger partial charge in [-0.1, -0.05) is 0 Å². The maximum Gasteiger partial charge on any atom is 0.251 e. The first-order valence-corrected chi connectivity index (χ1v) is 2.50. The first kappa shape index (κ1) is 6.85. The molecule has 0 saturated carbocycles. The molecule has 0 amide bonds. The number of halogens is 2. The van der Waals surface area contributed by atoms with E-state index in [1.54, 1.807) is 0 Å². The molecular formula is C5H4F2N2O. The van der Waals surface area contributed by atoms with Crippen molar-refractivity contribution in [1.29, 1.82) is 0 Å². The Morgan fingerprint density at radius 3 is 2.70 bits per heavy atom. The summed E-state index contributed by atoms with van der Waals surface area (Å²) in [5.41, 5.74) is -0.424. The molecule has 0 aliphatic carbocycles. The predicted molar refractivity (Wildman–Crippen MR) is 28.5 cm³/mol. The summed E-state index contributed by atoms with van der Waals surface area (Å²) in [5, 5.41) is 8.54. The van der Waals surface area contributed by atoms with E-state index in [9.17, 15) is 8.78 Å². The highest BCUT2D eigenvalue weighted by Gasteiger charge is 2.07. The molecule has 0 spiro atoms. The fourth-order valence-electron chi connectivity index (χ4n) is 0.489. The lowest BCUT2D eigenvalue weighted by Crippen LogP contribution is -1.93. The normalized spacial score (nSPS) is 9.80. The third kappa shape index (κ3) is 1.02. The molecule has 0 aromatic carbocycles. The van der Waals surface area contributed by atoms with Crippen LogP contribution in [0.3, 0.4) is 0 Å². The number of hydrogen-bond donors (Lipinski definition) is 1. The Balaban J connectivity index is 3.14. The molecule has 1 N–H and O–H groups in total. The van der Waals surface area contributed by atoms with Crippen molar-refractivity contribution in [2.24, 2.45) is 0 Å². The van der Waals surface area contributed by atoms with E-state index in [4.69, 9.17) is 5.11 Å². The van der Waals surface area contributed by atoms with Crippen molar-refractivity contribution in [3.8, 4) is 5.88 Å². The van der Waals surface area contributed by atoms with E-state index in [1.807, 2.05) is 0 Å². The van der Waals surface area contributed by atoms with Crippen LogP contribution in [0, 0.1) is 5.82 Å². The highest BCUT2D eigenvalue weighted by Crippen LogP contribution is 2.13. The number of aromatic nitrogens is 2. The number of aromatic hydroxyl groups is 1. The fourth-order valence-corrected chi connectivity index (χ4v) is 0.489. The number of rotatable bonds is 1. The third-order valence-electron chi connectivity index (χ3n) is 0.970. The van der Waals surface area contributed by atoms with Gasteiger partial charge in [0.05, 0.1) is 0 Å². The van der Waals surface area contributed by atoms with Gasteiger partial charge in [0.2, 0.25) is 5.82 Å². The summed E-state index contributed by atoms with van der Waals surface area (Å²) in [5.74, 6) is -1.91. The Morgan fingerprint density at radius 1 is 1.50 bits per heavy atom. The van der Waals surface area contributed by atoms with Crippen LogP contribution in [0.2, 0.25) is 0 Å². The molecule has 5 heteroatoms. The molecule has 0 atom stereocenters. The molecule has 0 unspecified atom stereocenters. The Kier molecular flexibility index (Phi) is 1.75. The largest absolute Gasteiger partial charge is 0.491 e. The molecule has 1 rings (SSSR count). The Morgan fingerprint density at radius 2 is 2.20 bits per heavy atom. The first-order chi connectivity index (χ1) is 4.75. The lowest BCUT2D eigenvalue weighted by molar-refractivity contribution is 0.387. The third-order valence-corrected chi connectivity index (χ3v) is 0.970. The maximum atomic E-state index is 12.4. The lowest BCUT2D eigenvalue weighted by Gasteiger charge is -1.95.